The summed E-state index contributed by atoms with van der Waals surface area (Å²) in [7, 11) is 1.32. The molecule has 244 valence electrons. The lowest BCUT2D eigenvalue weighted by Gasteiger charge is -2.41. The van der Waals surface area contributed by atoms with E-state index in [9.17, 15) is 45.5 Å². The number of hydrogen-bond donors (Lipinski definition) is 0. The van der Waals surface area contributed by atoms with Gasteiger partial charge in [-0.15, -0.1) is 0 Å². The number of carbonyl (C=O) groups is 4. The number of halogens is 6. The number of benzene rings is 2. The average molecular weight is 642 g/mol. The number of cyclic esters (lactones) is 1. The number of carbonyl (C=O) groups excluding carboxylic acids is 4. The van der Waals surface area contributed by atoms with Gasteiger partial charge in [0.05, 0.1) is 17.2 Å². The van der Waals surface area contributed by atoms with E-state index < -0.39 is 77.3 Å². The van der Waals surface area contributed by atoms with E-state index in [2.05, 4.69) is 0 Å². The van der Waals surface area contributed by atoms with Gasteiger partial charge in [-0.1, -0.05) is 24.3 Å². The van der Waals surface area contributed by atoms with Crippen LogP contribution in [0.25, 0.3) is 0 Å². The van der Waals surface area contributed by atoms with Crippen molar-refractivity contribution in [2.45, 2.75) is 64.0 Å². The fourth-order valence-corrected chi connectivity index (χ4v) is 5.78. The molecule has 4 rings (SSSR count). The van der Waals surface area contributed by atoms with Gasteiger partial charge in [0.2, 0.25) is 11.8 Å². The molecule has 2 aromatic carbocycles. The number of hydrogen-bond acceptors (Lipinski definition) is 5. The zero-order chi connectivity index (χ0) is 33.6. The first-order chi connectivity index (χ1) is 20.7. The number of rotatable bonds is 6. The van der Waals surface area contributed by atoms with Gasteiger partial charge in [0.1, 0.15) is 6.54 Å². The molecule has 45 heavy (non-hydrogen) atoms. The highest BCUT2D eigenvalue weighted by molar-refractivity contribution is 6.04. The summed E-state index contributed by atoms with van der Waals surface area (Å²) in [6.07, 6.45) is -10.9. The summed E-state index contributed by atoms with van der Waals surface area (Å²) in [5, 5.41) is 0. The molecule has 0 saturated carbocycles. The predicted molar refractivity (Wildman–Crippen MR) is 149 cm³/mol. The van der Waals surface area contributed by atoms with Crippen molar-refractivity contribution in [2.75, 3.05) is 26.7 Å². The molecular weight excluding hydrogens is 608 g/mol. The minimum absolute atomic E-state index is 0.0184. The van der Waals surface area contributed by atoms with Crippen molar-refractivity contribution in [2.24, 2.45) is 5.92 Å². The third kappa shape index (κ3) is 6.94. The van der Waals surface area contributed by atoms with E-state index in [1.54, 1.807) is 18.2 Å². The van der Waals surface area contributed by atoms with E-state index in [0.717, 1.165) is 20.9 Å². The van der Waals surface area contributed by atoms with Gasteiger partial charge in [0.15, 0.2) is 5.60 Å². The molecule has 2 aliphatic heterocycles. The molecule has 0 aromatic heterocycles. The van der Waals surface area contributed by atoms with Crippen molar-refractivity contribution in [3.05, 3.63) is 70.3 Å². The fourth-order valence-electron chi connectivity index (χ4n) is 5.78. The van der Waals surface area contributed by atoms with E-state index in [1.165, 1.54) is 32.7 Å². The molecule has 14 heteroatoms. The van der Waals surface area contributed by atoms with Crippen LogP contribution in [0.4, 0.5) is 31.1 Å². The van der Waals surface area contributed by atoms with Crippen LogP contribution in [0.1, 0.15) is 67.0 Å². The van der Waals surface area contributed by atoms with Gasteiger partial charge in [0.25, 0.3) is 5.91 Å². The van der Waals surface area contributed by atoms with Crippen molar-refractivity contribution < 1.29 is 50.3 Å². The maximum absolute atomic E-state index is 13.9. The monoisotopic (exact) mass is 641 g/mol. The van der Waals surface area contributed by atoms with Crippen LogP contribution in [-0.4, -0.2) is 70.8 Å². The third-order valence-corrected chi connectivity index (χ3v) is 8.51. The Kier molecular flexibility index (Phi) is 9.02. The quantitative estimate of drug-likeness (QED) is 0.365. The second-order valence-corrected chi connectivity index (χ2v) is 11.9. The predicted octanol–water partition coefficient (Wildman–Crippen LogP) is 5.94. The van der Waals surface area contributed by atoms with Gasteiger partial charge in [-0.05, 0) is 69.0 Å². The van der Waals surface area contributed by atoms with Crippen molar-refractivity contribution >= 4 is 23.8 Å². The summed E-state index contributed by atoms with van der Waals surface area (Å²) in [6.45, 7) is 5.49. The number of likely N-dealkylation sites (tertiary alicyclic amines) is 1. The molecule has 3 atom stereocenters. The van der Waals surface area contributed by atoms with Crippen molar-refractivity contribution in [1.29, 1.82) is 0 Å². The van der Waals surface area contributed by atoms with E-state index in [0.29, 0.717) is 12.1 Å². The lowest BCUT2D eigenvalue weighted by Crippen LogP contribution is -2.51. The summed E-state index contributed by atoms with van der Waals surface area (Å²) in [5.41, 5.74) is -3.18. The molecule has 0 radical (unpaired) electrons. The van der Waals surface area contributed by atoms with Gasteiger partial charge in [-0.25, -0.2) is 9.69 Å². The topological polar surface area (TPSA) is 87.2 Å². The average Bonchev–Trinajstić information content (AvgIpc) is 3.15. The number of amides is 4. The summed E-state index contributed by atoms with van der Waals surface area (Å²) >= 11 is 0. The molecule has 2 heterocycles. The molecule has 0 aliphatic carbocycles. The SMILES string of the molecule is Cc1ccccc1C1CN(C(=O)CN2C(=O)OC(C)(C)C2=O)CC[C@@H]1C(=O)N(C)[C@@H](C)c1cc(C(F)(F)F)cc(C(F)(F)F)c1. The Morgan fingerprint density at radius 3 is 2.11 bits per heavy atom. The Hall–Kier alpha value is -4.10. The summed E-state index contributed by atoms with van der Waals surface area (Å²) in [5.74, 6) is -3.12. The van der Waals surface area contributed by atoms with Crippen LogP contribution in [0, 0.1) is 12.8 Å². The number of piperidine rings is 1. The summed E-state index contributed by atoms with van der Waals surface area (Å²) in [4.78, 5) is 55.3. The highest BCUT2D eigenvalue weighted by Crippen LogP contribution is 2.40. The third-order valence-electron chi connectivity index (χ3n) is 8.51. The van der Waals surface area contributed by atoms with Gasteiger partial charge in [0, 0.05) is 32.0 Å². The van der Waals surface area contributed by atoms with Crippen LogP contribution in [0.5, 0.6) is 0 Å². The van der Waals surface area contributed by atoms with Gasteiger partial charge >= 0.3 is 18.4 Å². The second-order valence-electron chi connectivity index (χ2n) is 11.9. The molecule has 0 N–H and O–H groups in total. The molecule has 2 fully saturated rings. The molecule has 2 saturated heterocycles. The molecule has 2 aliphatic rings. The van der Waals surface area contributed by atoms with Crippen LogP contribution in [0.3, 0.4) is 0 Å². The minimum atomic E-state index is -5.04. The van der Waals surface area contributed by atoms with Crippen LogP contribution < -0.4 is 0 Å². The largest absolute Gasteiger partial charge is 0.433 e. The van der Waals surface area contributed by atoms with E-state index in [4.69, 9.17) is 4.74 Å². The number of alkyl halides is 6. The van der Waals surface area contributed by atoms with E-state index in [1.807, 2.05) is 13.0 Å². The van der Waals surface area contributed by atoms with E-state index in [-0.39, 0.29) is 31.1 Å². The zero-order valence-corrected chi connectivity index (χ0v) is 25.3. The standard InChI is InChI=1S/C31H33F6N3O5/c1-17-8-6-7-9-22(17)24-15-39(25(41)16-40-27(43)29(3,4)45-28(40)44)11-10-23(24)26(42)38(5)18(2)19-12-20(30(32,33)34)14-21(13-19)31(35,36)37/h6-9,12-14,18,23-24H,10-11,15-16H2,1-5H3/t18-,23-,24?/m0/s1. The smallest absolute Gasteiger partial charge is 0.418 e. The van der Waals surface area contributed by atoms with Crippen LogP contribution in [0.2, 0.25) is 0 Å². The minimum Gasteiger partial charge on any atom is -0.433 e. The van der Waals surface area contributed by atoms with Crippen LogP contribution in [-0.2, 0) is 31.5 Å². The normalized spacial score (nSPS) is 21.0. The first kappa shape index (κ1) is 33.8. The number of nitrogens with zero attached hydrogens (tertiary/aromatic N) is 3. The van der Waals surface area contributed by atoms with Crippen LogP contribution in [0.15, 0.2) is 42.5 Å². The lowest BCUT2D eigenvalue weighted by molar-refractivity contribution is -0.144. The summed E-state index contributed by atoms with van der Waals surface area (Å²) < 4.78 is 86.1. The Morgan fingerprint density at radius 1 is 1.02 bits per heavy atom. The summed E-state index contributed by atoms with van der Waals surface area (Å²) in [6, 6.07) is 7.22. The van der Waals surface area contributed by atoms with Crippen molar-refractivity contribution in [3.63, 3.8) is 0 Å². The molecular formula is C31H33F6N3O5. The zero-order valence-electron chi connectivity index (χ0n) is 25.3. The van der Waals surface area contributed by atoms with Gasteiger partial charge in [-0.3, -0.25) is 14.4 Å². The highest BCUT2D eigenvalue weighted by Gasteiger charge is 2.49. The molecule has 0 spiro atoms. The van der Waals surface area contributed by atoms with Crippen molar-refractivity contribution in [1.82, 2.24) is 14.7 Å². The Bertz CT molecular complexity index is 1470. The van der Waals surface area contributed by atoms with Crippen molar-refractivity contribution in [3.8, 4) is 0 Å². The fraction of sp³-hybridized carbons (Fsp3) is 0.484. The first-order valence-corrected chi connectivity index (χ1v) is 14.2. The maximum atomic E-state index is 13.9. The van der Waals surface area contributed by atoms with Gasteiger partial charge < -0.3 is 14.5 Å². The highest BCUT2D eigenvalue weighted by atomic mass is 19.4. The molecule has 4 amide bonds. The maximum Gasteiger partial charge on any atom is 0.418 e. The van der Waals surface area contributed by atoms with Crippen LogP contribution >= 0.6 is 0 Å². The van der Waals surface area contributed by atoms with E-state index >= 15 is 0 Å². The molecule has 2 aromatic rings. The molecule has 1 unspecified atom stereocenters. The lowest BCUT2D eigenvalue weighted by atomic mass is 9.78. The molecule has 0 bridgehead atoms. The second kappa shape index (κ2) is 12.0. The number of aryl methyl sites for hydroxylation is 1. The first-order valence-electron chi connectivity index (χ1n) is 14.2. The Labute approximate surface area is 255 Å². The number of ether oxygens (including phenoxy) is 1. The molecule has 8 nitrogen and oxygen atoms in total. The Balaban J connectivity index is 1.61. The number of imide groups is 1. The Morgan fingerprint density at radius 2 is 1.60 bits per heavy atom. The van der Waals surface area contributed by atoms with Gasteiger partial charge in [-0.2, -0.15) is 26.3 Å².